The van der Waals surface area contributed by atoms with Crippen molar-refractivity contribution in [1.29, 1.82) is 0 Å². The summed E-state index contributed by atoms with van der Waals surface area (Å²) in [7, 11) is -1.49. The third-order valence-electron chi connectivity index (χ3n) is 3.57. The minimum atomic E-state index is -4.25. The van der Waals surface area contributed by atoms with E-state index in [0.29, 0.717) is 11.4 Å². The number of rotatable bonds is 4. The average Bonchev–Trinajstić information content (AvgIpc) is 3.05. The lowest BCUT2D eigenvalue weighted by atomic mass is 10.3. The van der Waals surface area contributed by atoms with Gasteiger partial charge in [-0.2, -0.15) is 5.10 Å². The number of nitrogens with one attached hydrogen (secondary N) is 3. The zero-order chi connectivity index (χ0) is 20.5. The minimum absolute atomic E-state index is 0.109. The van der Waals surface area contributed by atoms with Crippen LogP contribution in [0.15, 0.2) is 34.2 Å². The van der Waals surface area contributed by atoms with Crippen LogP contribution in [0.1, 0.15) is 11.4 Å². The first-order chi connectivity index (χ1) is 13.2. The molecular formula is C14H18N8O5S. The quantitative estimate of drug-likeness (QED) is 0.607. The van der Waals surface area contributed by atoms with Crippen molar-refractivity contribution in [2.45, 2.75) is 18.7 Å². The number of hydrazine groups is 2. The van der Waals surface area contributed by atoms with Crippen LogP contribution in [0.4, 0.5) is 4.79 Å². The van der Waals surface area contributed by atoms with Crippen LogP contribution in [-0.2, 0) is 19.5 Å². The Morgan fingerprint density at radius 2 is 2.00 bits per heavy atom. The molecule has 0 saturated carbocycles. The molecule has 14 heteroatoms. The highest BCUT2D eigenvalue weighted by Crippen LogP contribution is 2.16. The van der Waals surface area contributed by atoms with Crippen LogP contribution in [0, 0.1) is 13.8 Å². The third kappa shape index (κ3) is 3.75. The smallest absolute Gasteiger partial charge is 0.350 e. The van der Waals surface area contributed by atoms with Crippen LogP contribution in [-0.4, -0.2) is 54.4 Å². The lowest BCUT2D eigenvalue weighted by molar-refractivity contribution is 0.0943. The molecule has 0 fully saturated rings. The van der Waals surface area contributed by atoms with Gasteiger partial charge in [0.25, 0.3) is 10.0 Å². The van der Waals surface area contributed by atoms with Crippen LogP contribution in [0.5, 0.6) is 0 Å². The second-order valence-corrected chi connectivity index (χ2v) is 7.26. The molecule has 2 amide bonds. The second-order valence-electron chi connectivity index (χ2n) is 5.61. The van der Waals surface area contributed by atoms with Crippen molar-refractivity contribution in [2.75, 3.05) is 14.2 Å². The highest BCUT2D eigenvalue weighted by atomic mass is 32.2. The number of fused-ring (bicyclic) bond motifs is 1. The van der Waals surface area contributed by atoms with Crippen LogP contribution in [0.25, 0.3) is 5.65 Å². The zero-order valence-electron chi connectivity index (χ0n) is 15.4. The van der Waals surface area contributed by atoms with Crippen LogP contribution in [0.3, 0.4) is 0 Å². The number of urea groups is 1. The van der Waals surface area contributed by atoms with Gasteiger partial charge in [-0.3, -0.25) is 0 Å². The Labute approximate surface area is 160 Å². The number of carbonyl (C=O) groups is 1. The van der Waals surface area contributed by atoms with E-state index in [4.69, 9.17) is 9.47 Å². The topological polar surface area (TPSA) is 152 Å². The predicted octanol–water partition coefficient (Wildman–Crippen LogP) is -0.483. The molecule has 3 heterocycles. The number of hydrogen-bond donors (Lipinski definition) is 3. The Balaban J connectivity index is 1.79. The lowest BCUT2D eigenvalue weighted by Crippen LogP contribution is -2.53. The number of hydrazone groups is 1. The highest BCUT2D eigenvalue weighted by molar-refractivity contribution is 7.90. The van der Waals surface area contributed by atoms with Crippen LogP contribution >= 0.6 is 0 Å². The Kier molecular flexibility index (Phi) is 4.96. The van der Waals surface area contributed by atoms with Crippen molar-refractivity contribution in [2.24, 2.45) is 5.10 Å². The number of methoxy groups -OCH3 is 2. The second kappa shape index (κ2) is 7.22. The summed E-state index contributed by atoms with van der Waals surface area (Å²) in [5.41, 5.74) is 6.19. The number of nitrogens with zero attached hydrogens (tertiary/aromatic N) is 5. The van der Waals surface area contributed by atoms with Crippen molar-refractivity contribution in [3.63, 3.8) is 0 Å². The number of aromatic nitrogens is 3. The van der Waals surface area contributed by atoms with Gasteiger partial charge in [-0.1, -0.05) is 10.3 Å². The van der Waals surface area contributed by atoms with Crippen molar-refractivity contribution >= 4 is 27.6 Å². The molecule has 0 saturated heterocycles. The zero-order valence-corrected chi connectivity index (χ0v) is 16.2. The molecule has 13 nitrogen and oxygen atoms in total. The van der Waals surface area contributed by atoms with E-state index in [0.717, 1.165) is 11.4 Å². The first kappa shape index (κ1) is 19.2. The third-order valence-corrected chi connectivity index (χ3v) is 4.89. The van der Waals surface area contributed by atoms with Gasteiger partial charge in [0.2, 0.25) is 11.8 Å². The fraction of sp³-hybridized carbons (Fsp3) is 0.286. The first-order valence-corrected chi connectivity index (χ1v) is 9.32. The SMILES string of the molecule is COC1=CC(OC)=NN(NC(=O)NS(=O)(=O)c2cnn3c(C)cc(C)nc23)N1. The molecule has 0 unspecified atom stereocenters. The van der Waals surface area contributed by atoms with E-state index in [-0.39, 0.29) is 22.3 Å². The summed E-state index contributed by atoms with van der Waals surface area (Å²) in [6, 6.07) is 0.679. The maximum atomic E-state index is 12.6. The van der Waals surface area contributed by atoms with E-state index in [1.54, 1.807) is 19.9 Å². The average molecular weight is 410 g/mol. The highest BCUT2D eigenvalue weighted by Gasteiger charge is 2.25. The summed E-state index contributed by atoms with van der Waals surface area (Å²) in [5.74, 6) is 0.337. The van der Waals surface area contributed by atoms with Crippen LogP contribution < -0.4 is 15.6 Å². The van der Waals surface area contributed by atoms with Crippen molar-refractivity contribution in [1.82, 2.24) is 35.4 Å². The molecule has 150 valence electrons. The summed E-state index contributed by atoms with van der Waals surface area (Å²) in [6.45, 7) is 3.49. The molecule has 0 radical (unpaired) electrons. The molecule has 28 heavy (non-hydrogen) atoms. The van der Waals surface area contributed by atoms with Crippen molar-refractivity contribution < 1.29 is 22.7 Å². The van der Waals surface area contributed by atoms with Gasteiger partial charge in [-0.25, -0.2) is 38.3 Å². The molecule has 0 spiro atoms. The molecule has 1 aliphatic rings. The van der Waals surface area contributed by atoms with E-state index in [1.165, 1.54) is 24.8 Å². The maximum Gasteiger partial charge on any atom is 0.350 e. The Bertz CT molecular complexity index is 1090. The van der Waals surface area contributed by atoms with E-state index >= 15 is 0 Å². The van der Waals surface area contributed by atoms with Gasteiger partial charge in [0.15, 0.2) is 10.5 Å². The fourth-order valence-corrected chi connectivity index (χ4v) is 3.35. The van der Waals surface area contributed by atoms with Crippen LogP contribution in [0.2, 0.25) is 0 Å². The Hall–Kier alpha value is -3.55. The molecule has 2 aromatic heterocycles. The van der Waals surface area contributed by atoms with Gasteiger partial charge < -0.3 is 9.47 Å². The number of amides is 2. The molecule has 1 aliphatic heterocycles. The minimum Gasteiger partial charge on any atom is -0.481 e. The first-order valence-electron chi connectivity index (χ1n) is 7.84. The van der Waals surface area contributed by atoms with E-state index in [1.807, 2.05) is 4.72 Å². The van der Waals surface area contributed by atoms with Gasteiger partial charge in [-0.05, 0) is 19.9 Å². The Morgan fingerprint density at radius 1 is 1.25 bits per heavy atom. The molecule has 0 atom stereocenters. The van der Waals surface area contributed by atoms with Gasteiger partial charge in [0.05, 0.1) is 26.5 Å². The van der Waals surface area contributed by atoms with Gasteiger partial charge >= 0.3 is 6.03 Å². The largest absolute Gasteiger partial charge is 0.481 e. The fourth-order valence-electron chi connectivity index (χ4n) is 2.39. The molecule has 2 aromatic rings. The number of carbonyl (C=O) groups excluding carboxylic acids is 1. The predicted molar refractivity (Wildman–Crippen MR) is 95.8 cm³/mol. The van der Waals surface area contributed by atoms with Crippen molar-refractivity contribution in [3.8, 4) is 0 Å². The molecule has 3 N–H and O–H groups in total. The number of sulfonamides is 1. The normalized spacial score (nSPS) is 14.1. The Morgan fingerprint density at radius 3 is 2.68 bits per heavy atom. The molecular weight excluding hydrogens is 392 g/mol. The standard InChI is InChI=1S/C14H18N8O5S/c1-8-5-9(2)21-13(16-8)10(7-15-21)28(24,25)20-14(23)19-22-17-11(26-3)6-12(18-22)27-4/h5-7,17H,1-4H3,(H2,19,20,23). The monoisotopic (exact) mass is 410 g/mol. The number of hydrogen-bond acceptors (Lipinski definition) is 10. The van der Waals surface area contributed by atoms with E-state index < -0.39 is 16.1 Å². The molecule has 3 rings (SSSR count). The number of aryl methyl sites for hydroxylation is 2. The summed E-state index contributed by atoms with van der Waals surface area (Å²) < 4.78 is 38.5. The molecule has 0 aromatic carbocycles. The summed E-state index contributed by atoms with van der Waals surface area (Å²) in [6.07, 6.45) is 2.55. The molecule has 0 aliphatic carbocycles. The molecule has 0 bridgehead atoms. The number of ether oxygens (including phenoxy) is 2. The summed E-state index contributed by atoms with van der Waals surface area (Å²) in [4.78, 5) is 16.1. The van der Waals surface area contributed by atoms with Gasteiger partial charge in [0.1, 0.15) is 0 Å². The van der Waals surface area contributed by atoms with Crippen molar-refractivity contribution in [3.05, 3.63) is 35.6 Å². The van der Waals surface area contributed by atoms with Gasteiger partial charge in [-0.15, -0.1) is 0 Å². The van der Waals surface area contributed by atoms with Gasteiger partial charge in [0, 0.05) is 11.4 Å². The van der Waals surface area contributed by atoms with E-state index in [9.17, 15) is 13.2 Å². The summed E-state index contributed by atoms with van der Waals surface area (Å²) in [5, 5.41) is 8.72. The van der Waals surface area contributed by atoms with E-state index in [2.05, 4.69) is 26.0 Å². The lowest BCUT2D eigenvalue weighted by Gasteiger charge is -2.25. The maximum absolute atomic E-state index is 12.6. The summed E-state index contributed by atoms with van der Waals surface area (Å²) >= 11 is 0.